The molecule has 2 N–H and O–H groups in total. The molecule has 4 rings (SSSR count). The number of halogens is 1. The Morgan fingerprint density at radius 2 is 1.76 bits per heavy atom. The summed E-state index contributed by atoms with van der Waals surface area (Å²) in [6.07, 6.45) is 3.14. The van der Waals surface area contributed by atoms with Crippen molar-refractivity contribution in [3.8, 4) is 11.8 Å². The lowest BCUT2D eigenvalue weighted by molar-refractivity contribution is 0.0980. The number of H-pyrrole nitrogens is 1. The summed E-state index contributed by atoms with van der Waals surface area (Å²) in [5.41, 5.74) is 0.101. The molecular weight excluding hydrogens is 500 g/mol. The minimum atomic E-state index is -0.646. The van der Waals surface area contributed by atoms with Gasteiger partial charge in [0, 0.05) is 43.6 Å². The van der Waals surface area contributed by atoms with E-state index in [1.165, 1.54) is 11.7 Å². The van der Waals surface area contributed by atoms with Gasteiger partial charge in [0.2, 0.25) is 5.62 Å². The SMILES string of the molecule is COCC(CO)Cn1c(=O)[nH]/c(=N\c2ccc(Oc3ncccn3)cc2)n(Cc2ccc(Cl)cc2)c1=O. The predicted molar refractivity (Wildman–Crippen MR) is 136 cm³/mol. The molecule has 4 aromatic rings. The summed E-state index contributed by atoms with van der Waals surface area (Å²) in [7, 11) is 1.49. The third-order valence-corrected chi connectivity index (χ3v) is 5.61. The zero-order valence-electron chi connectivity index (χ0n) is 20.0. The first-order chi connectivity index (χ1) is 18.0. The highest BCUT2D eigenvalue weighted by atomic mass is 35.5. The van der Waals surface area contributed by atoms with Gasteiger partial charge in [-0.2, -0.15) is 0 Å². The molecule has 2 heterocycles. The van der Waals surface area contributed by atoms with E-state index in [9.17, 15) is 14.7 Å². The fraction of sp³-hybridized carbons (Fsp3) is 0.240. The molecule has 2 aromatic heterocycles. The first kappa shape index (κ1) is 26.0. The van der Waals surface area contributed by atoms with Gasteiger partial charge < -0.3 is 14.6 Å². The van der Waals surface area contributed by atoms with Crippen molar-refractivity contribution in [1.82, 2.24) is 24.1 Å². The van der Waals surface area contributed by atoms with E-state index in [0.29, 0.717) is 16.5 Å². The van der Waals surface area contributed by atoms with Gasteiger partial charge in [0.15, 0.2) is 0 Å². The summed E-state index contributed by atoms with van der Waals surface area (Å²) in [6, 6.07) is 15.6. The molecule has 0 radical (unpaired) electrons. The van der Waals surface area contributed by atoms with Gasteiger partial charge >= 0.3 is 17.4 Å². The number of nitrogens with one attached hydrogen (secondary N) is 1. The Morgan fingerprint density at radius 3 is 2.41 bits per heavy atom. The molecule has 0 aliphatic carbocycles. The van der Waals surface area contributed by atoms with E-state index in [2.05, 4.69) is 19.9 Å². The summed E-state index contributed by atoms with van der Waals surface area (Å²) < 4.78 is 13.1. The third kappa shape index (κ3) is 6.79. The van der Waals surface area contributed by atoms with Crippen LogP contribution in [0.25, 0.3) is 0 Å². The Hall–Kier alpha value is -4.06. The van der Waals surface area contributed by atoms with Gasteiger partial charge in [-0.1, -0.05) is 23.7 Å². The van der Waals surface area contributed by atoms with Gasteiger partial charge in [-0.3, -0.25) is 9.55 Å². The van der Waals surface area contributed by atoms with Crippen molar-refractivity contribution in [2.45, 2.75) is 13.1 Å². The smallest absolute Gasteiger partial charge is 0.335 e. The molecule has 11 nitrogen and oxygen atoms in total. The van der Waals surface area contributed by atoms with Crippen LogP contribution in [0.1, 0.15) is 5.56 Å². The second-order valence-electron chi connectivity index (χ2n) is 8.10. The lowest BCUT2D eigenvalue weighted by atomic mass is 10.2. The monoisotopic (exact) mass is 524 g/mol. The maximum Gasteiger partial charge on any atom is 0.335 e. The van der Waals surface area contributed by atoms with Crippen LogP contribution in [0.4, 0.5) is 5.69 Å². The second-order valence-corrected chi connectivity index (χ2v) is 8.54. The Kier molecular flexibility index (Phi) is 8.62. The maximum atomic E-state index is 13.4. The van der Waals surface area contributed by atoms with Crippen LogP contribution in [0.15, 0.2) is 81.6 Å². The molecule has 0 saturated heterocycles. The average Bonchev–Trinajstić information content (AvgIpc) is 2.91. The second kappa shape index (κ2) is 12.3. The number of aliphatic hydroxyl groups is 1. The van der Waals surface area contributed by atoms with Gasteiger partial charge in [-0.05, 0) is 48.0 Å². The number of nitrogens with zero attached hydrogens (tertiary/aromatic N) is 5. The normalized spacial score (nSPS) is 12.5. The number of aromatic amines is 1. The van der Waals surface area contributed by atoms with Gasteiger partial charge in [0.05, 0.1) is 18.8 Å². The number of aliphatic hydroxyl groups excluding tert-OH is 1. The highest BCUT2D eigenvalue weighted by Gasteiger charge is 2.15. The fourth-order valence-corrected chi connectivity index (χ4v) is 3.66. The highest BCUT2D eigenvalue weighted by molar-refractivity contribution is 6.30. The van der Waals surface area contributed by atoms with Gasteiger partial charge in [-0.25, -0.2) is 29.1 Å². The molecule has 12 heteroatoms. The van der Waals surface area contributed by atoms with Crippen molar-refractivity contribution in [3.05, 3.63) is 104 Å². The first-order valence-corrected chi connectivity index (χ1v) is 11.7. The molecule has 0 bridgehead atoms. The van der Waals surface area contributed by atoms with Crippen LogP contribution in [0.3, 0.4) is 0 Å². The number of methoxy groups -OCH3 is 1. The van der Waals surface area contributed by atoms with Crippen molar-refractivity contribution in [1.29, 1.82) is 0 Å². The van der Waals surface area contributed by atoms with E-state index >= 15 is 0 Å². The topological polar surface area (TPSA) is 137 Å². The standard InChI is InChI=1S/C25H25ClN6O5/c1-36-16-18(15-33)14-32-24(34)30-22(31(25(32)35)13-17-3-5-19(26)6-4-17)29-20-7-9-21(10-8-20)37-23-27-11-2-12-28-23/h2-12,18,33H,13-16H2,1H3,(H,29,30,34). The van der Waals surface area contributed by atoms with Crippen molar-refractivity contribution in [3.63, 3.8) is 0 Å². The lowest BCUT2D eigenvalue weighted by Crippen LogP contribution is -2.51. The van der Waals surface area contributed by atoms with Gasteiger partial charge in [0.1, 0.15) is 5.75 Å². The van der Waals surface area contributed by atoms with Crippen LogP contribution >= 0.6 is 11.6 Å². The molecule has 0 fully saturated rings. The summed E-state index contributed by atoms with van der Waals surface area (Å²) in [5.74, 6) is 0.0630. The molecule has 1 atom stereocenters. The number of hydrogen-bond acceptors (Lipinski definition) is 8. The Balaban J connectivity index is 1.73. The molecule has 0 spiro atoms. The van der Waals surface area contributed by atoms with Gasteiger partial charge in [-0.15, -0.1) is 0 Å². The van der Waals surface area contributed by atoms with E-state index in [1.54, 1.807) is 67.0 Å². The van der Waals surface area contributed by atoms with Crippen LogP contribution in [0.2, 0.25) is 5.02 Å². The van der Waals surface area contributed by atoms with Crippen LogP contribution in [0, 0.1) is 5.92 Å². The predicted octanol–water partition coefficient (Wildman–Crippen LogP) is 2.11. The van der Waals surface area contributed by atoms with Crippen molar-refractivity contribution in [2.75, 3.05) is 20.3 Å². The summed E-state index contributed by atoms with van der Waals surface area (Å²) in [4.78, 5) is 41.6. The fourth-order valence-electron chi connectivity index (χ4n) is 3.53. The molecule has 37 heavy (non-hydrogen) atoms. The molecule has 192 valence electrons. The molecular formula is C25H25ClN6O5. The zero-order valence-corrected chi connectivity index (χ0v) is 20.7. The minimum Gasteiger partial charge on any atom is -0.424 e. The van der Waals surface area contributed by atoms with Crippen molar-refractivity contribution in [2.24, 2.45) is 10.9 Å². The zero-order chi connectivity index (χ0) is 26.2. The number of aromatic nitrogens is 5. The van der Waals surface area contributed by atoms with Crippen LogP contribution in [0.5, 0.6) is 11.8 Å². The Morgan fingerprint density at radius 1 is 1.05 bits per heavy atom. The molecule has 0 saturated carbocycles. The van der Waals surface area contributed by atoms with E-state index in [0.717, 1.165) is 10.1 Å². The summed E-state index contributed by atoms with van der Waals surface area (Å²) in [5, 5.41) is 10.2. The molecule has 0 amide bonds. The van der Waals surface area contributed by atoms with Crippen LogP contribution < -0.4 is 21.7 Å². The summed E-state index contributed by atoms with van der Waals surface area (Å²) >= 11 is 6.01. The minimum absolute atomic E-state index is 0.0208. The Bertz CT molecular complexity index is 1500. The molecule has 2 aromatic carbocycles. The van der Waals surface area contributed by atoms with E-state index < -0.39 is 17.3 Å². The maximum absolute atomic E-state index is 13.4. The molecule has 1 unspecified atom stereocenters. The number of ether oxygens (including phenoxy) is 2. The van der Waals surface area contributed by atoms with E-state index in [4.69, 9.17) is 21.1 Å². The summed E-state index contributed by atoms with van der Waals surface area (Å²) in [6.45, 7) is 0.0544. The van der Waals surface area contributed by atoms with E-state index in [1.807, 2.05) is 0 Å². The quantitative estimate of drug-likeness (QED) is 0.324. The van der Waals surface area contributed by atoms with Crippen LogP contribution in [-0.2, 0) is 17.8 Å². The van der Waals surface area contributed by atoms with Crippen molar-refractivity contribution < 1.29 is 14.6 Å². The first-order valence-electron chi connectivity index (χ1n) is 11.3. The van der Waals surface area contributed by atoms with Crippen molar-refractivity contribution >= 4 is 17.3 Å². The number of hydrogen-bond donors (Lipinski definition) is 2. The molecule has 0 aliphatic rings. The highest BCUT2D eigenvalue weighted by Crippen LogP contribution is 2.21. The number of rotatable bonds is 10. The van der Waals surface area contributed by atoms with Gasteiger partial charge in [0.25, 0.3) is 0 Å². The average molecular weight is 525 g/mol. The largest absolute Gasteiger partial charge is 0.424 e. The number of benzene rings is 2. The van der Waals surface area contributed by atoms with Crippen LogP contribution in [-0.4, -0.2) is 49.5 Å². The Labute approximate surface area is 216 Å². The van der Waals surface area contributed by atoms with E-state index in [-0.39, 0.29) is 37.9 Å². The lowest BCUT2D eigenvalue weighted by Gasteiger charge is -2.16. The molecule has 0 aliphatic heterocycles. The third-order valence-electron chi connectivity index (χ3n) is 5.36.